The molecule has 12 heavy (non-hydrogen) atoms. The van der Waals surface area contributed by atoms with E-state index in [0.29, 0.717) is 0 Å². The zero-order valence-corrected chi connectivity index (χ0v) is 8.85. The van der Waals surface area contributed by atoms with Crippen LogP contribution in [0.15, 0.2) is 12.2 Å². The van der Waals surface area contributed by atoms with Gasteiger partial charge in [0.2, 0.25) is 0 Å². The van der Waals surface area contributed by atoms with Gasteiger partial charge in [-0.2, -0.15) is 0 Å². The fourth-order valence-corrected chi connectivity index (χ4v) is 0.930. The van der Waals surface area contributed by atoms with Crippen molar-refractivity contribution in [3.63, 3.8) is 0 Å². The predicted octanol–water partition coefficient (Wildman–Crippen LogP) is 3.14. The zero-order valence-electron chi connectivity index (χ0n) is 8.85. The molecule has 0 heterocycles. The topological polar surface area (TPSA) is 20.2 Å². The molecule has 0 radical (unpaired) electrons. The van der Waals surface area contributed by atoms with E-state index in [1.165, 1.54) is 0 Å². The van der Waals surface area contributed by atoms with E-state index < -0.39 is 0 Å². The van der Waals surface area contributed by atoms with E-state index in [9.17, 15) is 5.11 Å². The normalized spacial score (nSPS) is 14.4. The van der Waals surface area contributed by atoms with Gasteiger partial charge in [0.05, 0.1) is 6.10 Å². The van der Waals surface area contributed by atoms with Crippen LogP contribution in [0.2, 0.25) is 0 Å². The van der Waals surface area contributed by atoms with Crippen molar-refractivity contribution in [2.75, 3.05) is 0 Å². The van der Waals surface area contributed by atoms with Crippen LogP contribution in [0.1, 0.15) is 47.0 Å². The fourth-order valence-electron chi connectivity index (χ4n) is 0.930. The molecular weight excluding hydrogens is 148 g/mol. The lowest BCUT2D eigenvalue weighted by Crippen LogP contribution is -2.28. The highest BCUT2D eigenvalue weighted by Crippen LogP contribution is 2.28. The third kappa shape index (κ3) is 3.40. The summed E-state index contributed by atoms with van der Waals surface area (Å²) in [4.78, 5) is 0. The molecule has 0 bridgehead atoms. The maximum absolute atomic E-state index is 9.82. The van der Waals surface area contributed by atoms with Crippen molar-refractivity contribution in [1.29, 1.82) is 0 Å². The average molecular weight is 170 g/mol. The Morgan fingerprint density at radius 3 is 2.25 bits per heavy atom. The summed E-state index contributed by atoms with van der Waals surface area (Å²) < 4.78 is 0. The molecule has 0 aromatic heterocycles. The maximum atomic E-state index is 9.82. The van der Waals surface area contributed by atoms with Crippen LogP contribution in [0.5, 0.6) is 0 Å². The van der Waals surface area contributed by atoms with Crippen LogP contribution < -0.4 is 0 Å². The number of aliphatic hydroxyl groups is 1. The van der Waals surface area contributed by atoms with Gasteiger partial charge in [-0.25, -0.2) is 0 Å². The van der Waals surface area contributed by atoms with Crippen molar-refractivity contribution in [2.24, 2.45) is 5.41 Å². The summed E-state index contributed by atoms with van der Waals surface area (Å²) in [6.45, 7) is 12.3. The standard InChI is InChI=1S/C11H22O/c1-6-9(3)8-10(12)11(4,5)7-2/h10,12H,3,6-8H2,1-2,4-5H3. The molecule has 0 aliphatic heterocycles. The van der Waals surface area contributed by atoms with Crippen LogP contribution in [0.25, 0.3) is 0 Å². The highest BCUT2D eigenvalue weighted by molar-refractivity contribution is 4.97. The Morgan fingerprint density at radius 2 is 1.92 bits per heavy atom. The Morgan fingerprint density at radius 1 is 1.42 bits per heavy atom. The minimum atomic E-state index is -0.241. The second-order valence-electron chi connectivity index (χ2n) is 4.17. The highest BCUT2D eigenvalue weighted by atomic mass is 16.3. The quantitative estimate of drug-likeness (QED) is 0.628. The molecular formula is C11H22O. The Bertz CT molecular complexity index is 147. The molecule has 1 nitrogen and oxygen atoms in total. The first-order chi connectivity index (χ1) is 5.44. The minimum absolute atomic E-state index is 0.0259. The Kier molecular flexibility index (Phi) is 4.54. The number of hydrogen-bond donors (Lipinski definition) is 1. The SMILES string of the molecule is C=C(CC)CC(O)C(C)(C)CC. The predicted molar refractivity (Wildman–Crippen MR) is 54.1 cm³/mol. The van der Waals surface area contributed by atoms with Gasteiger partial charge in [-0.1, -0.05) is 39.8 Å². The first kappa shape index (κ1) is 11.7. The summed E-state index contributed by atoms with van der Waals surface area (Å²) in [6.07, 6.45) is 2.48. The smallest absolute Gasteiger partial charge is 0.0627 e. The molecule has 1 N–H and O–H groups in total. The minimum Gasteiger partial charge on any atom is -0.392 e. The van der Waals surface area contributed by atoms with Crippen LogP contribution in [0.4, 0.5) is 0 Å². The molecule has 0 amide bonds. The molecule has 0 aromatic rings. The third-order valence-corrected chi connectivity index (χ3v) is 2.80. The van der Waals surface area contributed by atoms with E-state index >= 15 is 0 Å². The first-order valence-corrected chi connectivity index (χ1v) is 4.78. The molecule has 0 rings (SSSR count). The van der Waals surface area contributed by atoms with Crippen LogP contribution >= 0.6 is 0 Å². The van der Waals surface area contributed by atoms with Crippen LogP contribution in [0.3, 0.4) is 0 Å². The van der Waals surface area contributed by atoms with Gasteiger partial charge in [0.15, 0.2) is 0 Å². The second-order valence-corrected chi connectivity index (χ2v) is 4.17. The molecule has 0 saturated carbocycles. The Labute approximate surface area is 76.5 Å². The summed E-state index contributed by atoms with van der Waals surface area (Å²) in [5.41, 5.74) is 1.17. The van der Waals surface area contributed by atoms with Crippen molar-refractivity contribution >= 4 is 0 Å². The van der Waals surface area contributed by atoms with Crippen molar-refractivity contribution in [3.8, 4) is 0 Å². The van der Waals surface area contributed by atoms with E-state index in [1.54, 1.807) is 0 Å². The van der Waals surface area contributed by atoms with Crippen molar-refractivity contribution in [1.82, 2.24) is 0 Å². The van der Waals surface area contributed by atoms with E-state index in [4.69, 9.17) is 0 Å². The van der Waals surface area contributed by atoms with Gasteiger partial charge in [-0.05, 0) is 24.7 Å². The van der Waals surface area contributed by atoms with Gasteiger partial charge in [0.25, 0.3) is 0 Å². The van der Waals surface area contributed by atoms with Gasteiger partial charge in [0.1, 0.15) is 0 Å². The van der Waals surface area contributed by atoms with Gasteiger partial charge < -0.3 is 5.11 Å². The number of aliphatic hydroxyl groups excluding tert-OH is 1. The molecule has 0 aromatic carbocycles. The van der Waals surface area contributed by atoms with Gasteiger partial charge in [-0.15, -0.1) is 0 Å². The van der Waals surface area contributed by atoms with E-state index in [1.807, 2.05) is 0 Å². The van der Waals surface area contributed by atoms with Gasteiger partial charge >= 0.3 is 0 Å². The largest absolute Gasteiger partial charge is 0.392 e. The van der Waals surface area contributed by atoms with Crippen LogP contribution in [0, 0.1) is 5.41 Å². The van der Waals surface area contributed by atoms with Crippen LogP contribution in [-0.4, -0.2) is 11.2 Å². The second kappa shape index (κ2) is 4.66. The zero-order chi connectivity index (χ0) is 9.78. The van der Waals surface area contributed by atoms with Gasteiger partial charge in [0, 0.05) is 0 Å². The molecule has 0 fully saturated rings. The van der Waals surface area contributed by atoms with Crippen molar-refractivity contribution in [2.45, 2.75) is 53.1 Å². The summed E-state index contributed by atoms with van der Waals surface area (Å²) in [5.74, 6) is 0. The average Bonchev–Trinajstić information content (AvgIpc) is 2.04. The monoisotopic (exact) mass is 170 g/mol. The molecule has 1 heteroatoms. The Hall–Kier alpha value is -0.300. The number of rotatable bonds is 5. The third-order valence-electron chi connectivity index (χ3n) is 2.80. The maximum Gasteiger partial charge on any atom is 0.0627 e. The molecule has 1 unspecified atom stereocenters. The van der Waals surface area contributed by atoms with Crippen molar-refractivity contribution in [3.05, 3.63) is 12.2 Å². The Balaban J connectivity index is 4.02. The molecule has 0 aliphatic rings. The summed E-state index contributed by atoms with van der Waals surface area (Å²) in [5, 5.41) is 9.82. The molecule has 0 aliphatic carbocycles. The molecule has 0 saturated heterocycles. The summed E-state index contributed by atoms with van der Waals surface area (Å²) >= 11 is 0. The lowest BCUT2D eigenvalue weighted by molar-refractivity contribution is 0.0475. The van der Waals surface area contributed by atoms with E-state index in [2.05, 4.69) is 34.3 Å². The summed E-state index contributed by atoms with van der Waals surface area (Å²) in [7, 11) is 0. The van der Waals surface area contributed by atoms with Gasteiger partial charge in [-0.3, -0.25) is 0 Å². The van der Waals surface area contributed by atoms with Crippen LogP contribution in [-0.2, 0) is 0 Å². The van der Waals surface area contributed by atoms with E-state index in [-0.39, 0.29) is 11.5 Å². The molecule has 0 spiro atoms. The molecule has 1 atom stereocenters. The fraction of sp³-hybridized carbons (Fsp3) is 0.818. The number of hydrogen-bond acceptors (Lipinski definition) is 1. The first-order valence-electron chi connectivity index (χ1n) is 4.78. The highest BCUT2D eigenvalue weighted by Gasteiger charge is 2.25. The molecule has 72 valence electrons. The lowest BCUT2D eigenvalue weighted by atomic mass is 9.81. The summed E-state index contributed by atoms with van der Waals surface area (Å²) in [6, 6.07) is 0. The lowest BCUT2D eigenvalue weighted by Gasteiger charge is -2.29. The van der Waals surface area contributed by atoms with E-state index in [0.717, 1.165) is 24.8 Å². The van der Waals surface area contributed by atoms with Crippen molar-refractivity contribution < 1.29 is 5.11 Å².